The molecule has 1 aromatic carbocycles. The Bertz CT molecular complexity index is 1220. The second kappa shape index (κ2) is 12.0. The van der Waals surface area contributed by atoms with Crippen molar-refractivity contribution in [2.45, 2.75) is 69.5 Å². The van der Waals surface area contributed by atoms with E-state index in [-0.39, 0.29) is 43.5 Å². The Morgan fingerprint density at radius 2 is 1.79 bits per heavy atom. The van der Waals surface area contributed by atoms with E-state index in [0.717, 1.165) is 22.5 Å². The van der Waals surface area contributed by atoms with Gasteiger partial charge in [0.25, 0.3) is 11.8 Å². The number of amides is 1. The number of rotatable bonds is 6. The van der Waals surface area contributed by atoms with Crippen molar-refractivity contribution in [3.63, 3.8) is 0 Å². The van der Waals surface area contributed by atoms with Crippen LogP contribution in [0, 0.1) is 8.98 Å². The third-order valence-electron chi connectivity index (χ3n) is 7.34. The van der Waals surface area contributed by atoms with Crippen molar-refractivity contribution in [1.82, 2.24) is 15.2 Å². The average molecular weight is 661 g/mol. The van der Waals surface area contributed by atoms with Crippen LogP contribution in [-0.2, 0) is 6.18 Å². The van der Waals surface area contributed by atoms with E-state index in [0.29, 0.717) is 23.9 Å². The molecule has 0 bridgehead atoms. The van der Waals surface area contributed by atoms with Gasteiger partial charge >= 0.3 is 6.18 Å². The number of carbonyl (C=O) groups is 1. The number of pyridine rings is 1. The van der Waals surface area contributed by atoms with Crippen molar-refractivity contribution >= 4 is 52.8 Å². The van der Waals surface area contributed by atoms with Crippen LogP contribution in [0.15, 0.2) is 30.6 Å². The lowest BCUT2D eigenvalue weighted by Crippen LogP contribution is -2.49. The highest BCUT2D eigenvalue weighted by Crippen LogP contribution is 2.39. The Hall–Kier alpha value is -2.45. The molecular weight excluding hydrogens is 631 g/mol. The third kappa shape index (κ3) is 7.20. The SMILES string of the molecule is CBc1cc(C(=O)N2CCC(F)(F)CC2)c(N[C@@H]2CCCC[C@@H]2NC(=N)c2cncc(I)c2)c(C(F)(F)F)c1. The zero-order chi connectivity index (χ0) is 28.4. The van der Waals surface area contributed by atoms with E-state index < -0.39 is 42.5 Å². The second-order valence-corrected chi connectivity index (χ2v) is 11.4. The number of alkyl halides is 5. The molecule has 3 N–H and O–H groups in total. The monoisotopic (exact) mass is 661 g/mol. The van der Waals surface area contributed by atoms with Gasteiger partial charge in [-0.25, -0.2) is 8.78 Å². The van der Waals surface area contributed by atoms with Crippen molar-refractivity contribution < 1.29 is 26.7 Å². The van der Waals surface area contributed by atoms with Gasteiger partial charge in [0.1, 0.15) is 5.84 Å². The van der Waals surface area contributed by atoms with Crippen molar-refractivity contribution in [2.75, 3.05) is 18.4 Å². The summed E-state index contributed by atoms with van der Waals surface area (Å²) >= 11 is 2.09. The first-order chi connectivity index (χ1) is 18.4. The van der Waals surface area contributed by atoms with Crippen LogP contribution in [0.1, 0.15) is 60.0 Å². The maximum atomic E-state index is 14.4. The van der Waals surface area contributed by atoms with Gasteiger partial charge < -0.3 is 15.5 Å². The Morgan fingerprint density at radius 3 is 2.41 bits per heavy atom. The molecule has 39 heavy (non-hydrogen) atoms. The molecule has 0 radical (unpaired) electrons. The lowest BCUT2D eigenvalue weighted by molar-refractivity contribution is -0.136. The summed E-state index contributed by atoms with van der Waals surface area (Å²) in [4.78, 5) is 18.8. The fraction of sp³-hybridized carbons (Fsp3) is 0.500. The number of aromatic nitrogens is 1. The first-order valence-electron chi connectivity index (χ1n) is 13.0. The Labute approximate surface area is 238 Å². The normalized spacial score (nSPS) is 21.3. The highest BCUT2D eigenvalue weighted by atomic mass is 127. The molecule has 0 spiro atoms. The first kappa shape index (κ1) is 29.5. The summed E-state index contributed by atoms with van der Waals surface area (Å²) in [6, 6.07) is 3.41. The number of anilines is 1. The standard InChI is InChI=1S/C26H30BF5IN5O/c1-27-16-11-18(24(39)38-8-6-25(28,29)7-9-38)22(19(12-16)26(30,31)32)36-20-4-2-3-5-21(20)37-23(34)15-10-17(33)14-35-13-15/h10-14,20-21,27,36H,2-9H2,1H3,(H2,34,37)/t20-,21+/m1/s1. The molecule has 2 fully saturated rings. The number of carbonyl (C=O) groups excluding carboxylic acids is 1. The maximum Gasteiger partial charge on any atom is 0.418 e. The van der Waals surface area contributed by atoms with Crippen LogP contribution in [0.2, 0.25) is 6.82 Å². The summed E-state index contributed by atoms with van der Waals surface area (Å²) in [6.45, 7) is 1.25. The Balaban J connectivity index is 1.67. The first-order valence-corrected chi connectivity index (χ1v) is 14.1. The summed E-state index contributed by atoms with van der Waals surface area (Å²) in [6.07, 6.45) is 0.178. The van der Waals surface area contributed by atoms with Crippen LogP contribution in [0.3, 0.4) is 0 Å². The molecule has 13 heteroatoms. The summed E-state index contributed by atoms with van der Waals surface area (Å²) in [7, 11) is 0.274. The second-order valence-electron chi connectivity index (χ2n) is 10.1. The minimum atomic E-state index is -4.74. The van der Waals surface area contributed by atoms with Crippen molar-refractivity contribution in [2.24, 2.45) is 0 Å². The predicted molar refractivity (Wildman–Crippen MR) is 151 cm³/mol. The molecular formula is C26H30BF5IN5O. The van der Waals surface area contributed by atoms with Gasteiger partial charge in [-0.1, -0.05) is 37.3 Å². The van der Waals surface area contributed by atoms with Crippen LogP contribution < -0.4 is 16.1 Å². The van der Waals surface area contributed by atoms with Gasteiger partial charge in [0.15, 0.2) is 7.28 Å². The molecule has 1 aromatic heterocycles. The van der Waals surface area contributed by atoms with E-state index in [4.69, 9.17) is 5.41 Å². The van der Waals surface area contributed by atoms with Gasteiger partial charge in [0.2, 0.25) is 0 Å². The fourth-order valence-corrected chi connectivity index (χ4v) is 5.64. The lowest BCUT2D eigenvalue weighted by Gasteiger charge is -2.36. The maximum absolute atomic E-state index is 14.4. The van der Waals surface area contributed by atoms with Gasteiger partial charge in [0.05, 0.1) is 16.8 Å². The molecule has 210 valence electrons. The molecule has 2 aliphatic rings. The van der Waals surface area contributed by atoms with E-state index in [9.17, 15) is 26.7 Å². The average Bonchev–Trinajstić information content (AvgIpc) is 2.88. The van der Waals surface area contributed by atoms with Gasteiger partial charge in [-0.05, 0) is 41.5 Å². The Kier molecular flexibility index (Phi) is 9.06. The van der Waals surface area contributed by atoms with Crippen LogP contribution in [-0.4, -0.2) is 60.0 Å². The molecule has 1 aliphatic heterocycles. The molecule has 1 saturated heterocycles. The molecule has 0 unspecified atom stereocenters. The quantitative estimate of drug-likeness (QED) is 0.134. The van der Waals surface area contributed by atoms with E-state index in [2.05, 4.69) is 38.2 Å². The van der Waals surface area contributed by atoms with Crippen molar-refractivity contribution in [3.05, 3.63) is 50.9 Å². The van der Waals surface area contributed by atoms with Gasteiger partial charge in [0, 0.05) is 59.5 Å². The van der Waals surface area contributed by atoms with E-state index in [1.54, 1.807) is 25.3 Å². The molecule has 2 heterocycles. The summed E-state index contributed by atoms with van der Waals surface area (Å²) in [5, 5.41) is 14.7. The molecule has 1 saturated carbocycles. The molecule has 4 rings (SSSR count). The minimum absolute atomic E-state index is 0.114. The minimum Gasteiger partial charge on any atom is -0.379 e. The largest absolute Gasteiger partial charge is 0.418 e. The smallest absolute Gasteiger partial charge is 0.379 e. The van der Waals surface area contributed by atoms with Crippen LogP contribution in [0.25, 0.3) is 0 Å². The number of halogens is 6. The molecule has 2 atom stereocenters. The highest BCUT2D eigenvalue weighted by molar-refractivity contribution is 14.1. The summed E-state index contributed by atoms with van der Waals surface area (Å²) in [5.41, 5.74) is -0.540. The van der Waals surface area contributed by atoms with Crippen molar-refractivity contribution in [3.8, 4) is 0 Å². The highest BCUT2D eigenvalue weighted by Gasteiger charge is 2.40. The van der Waals surface area contributed by atoms with Gasteiger partial charge in [-0.2, -0.15) is 13.2 Å². The van der Waals surface area contributed by atoms with Crippen LogP contribution >= 0.6 is 22.6 Å². The summed E-state index contributed by atoms with van der Waals surface area (Å²) < 4.78 is 71.4. The Morgan fingerprint density at radius 1 is 1.13 bits per heavy atom. The fourth-order valence-electron chi connectivity index (χ4n) is 5.14. The van der Waals surface area contributed by atoms with E-state index >= 15 is 0 Å². The van der Waals surface area contributed by atoms with E-state index in [1.807, 2.05) is 0 Å². The zero-order valence-corrected chi connectivity index (χ0v) is 23.6. The number of hydrogen-bond donors (Lipinski definition) is 3. The van der Waals surface area contributed by atoms with Crippen LogP contribution in [0.5, 0.6) is 0 Å². The van der Waals surface area contributed by atoms with Gasteiger partial charge in [-0.3, -0.25) is 15.2 Å². The number of benzene rings is 1. The lowest BCUT2D eigenvalue weighted by atomic mass is 9.72. The molecule has 2 aromatic rings. The number of piperidine rings is 1. The number of amidine groups is 1. The molecule has 1 amide bonds. The topological polar surface area (TPSA) is 81.1 Å². The van der Waals surface area contributed by atoms with Crippen LogP contribution in [0.4, 0.5) is 27.6 Å². The zero-order valence-electron chi connectivity index (χ0n) is 21.5. The number of nitrogens with zero attached hydrogens (tertiary/aromatic N) is 2. The number of nitrogens with one attached hydrogen (secondary N) is 3. The number of hydrogen-bond acceptors (Lipinski definition) is 4. The summed E-state index contributed by atoms with van der Waals surface area (Å²) in [5.74, 6) is -3.47. The predicted octanol–water partition coefficient (Wildman–Crippen LogP) is 5.02. The third-order valence-corrected chi connectivity index (χ3v) is 7.93. The van der Waals surface area contributed by atoms with E-state index in [1.165, 1.54) is 11.0 Å². The van der Waals surface area contributed by atoms with Crippen molar-refractivity contribution in [1.29, 1.82) is 5.41 Å². The number of likely N-dealkylation sites (tertiary alicyclic amines) is 1. The molecule has 1 aliphatic carbocycles. The van der Waals surface area contributed by atoms with Gasteiger partial charge in [-0.15, -0.1) is 0 Å². The molecule has 6 nitrogen and oxygen atoms in total.